The van der Waals surface area contributed by atoms with Crippen LogP contribution < -0.4 is 5.73 Å². The van der Waals surface area contributed by atoms with Gasteiger partial charge in [-0.3, -0.25) is 8.98 Å². The van der Waals surface area contributed by atoms with Crippen LogP contribution in [0.3, 0.4) is 0 Å². The molecule has 18 heavy (non-hydrogen) atoms. The van der Waals surface area contributed by atoms with Crippen LogP contribution in [0, 0.1) is 6.92 Å². The Morgan fingerprint density at radius 3 is 2.44 bits per heavy atom. The molecule has 0 aromatic heterocycles. The number of aliphatic hydroxyl groups excluding tert-OH is 1. The summed E-state index contributed by atoms with van der Waals surface area (Å²) in [4.78, 5) is 10.6. The van der Waals surface area contributed by atoms with Gasteiger partial charge in [-0.25, -0.2) is 0 Å². The Labute approximate surface area is 105 Å². The Kier molecular flexibility index (Phi) is 4.83. The highest BCUT2D eigenvalue weighted by atomic mass is 32.2. The van der Waals surface area contributed by atoms with Gasteiger partial charge in [-0.05, 0) is 19.1 Å². The van der Waals surface area contributed by atoms with Crippen LogP contribution in [-0.2, 0) is 19.1 Å². The maximum atomic E-state index is 11.7. The number of rotatable bonds is 6. The smallest absolute Gasteiger partial charge is 0.296 e. The van der Waals surface area contributed by atoms with Gasteiger partial charge < -0.3 is 10.8 Å². The van der Waals surface area contributed by atoms with Crippen LogP contribution in [0.4, 0.5) is 0 Å². The summed E-state index contributed by atoms with van der Waals surface area (Å²) in [5.74, 6) is -0.911. The molecule has 100 valence electrons. The molecule has 0 bridgehead atoms. The van der Waals surface area contributed by atoms with E-state index >= 15 is 0 Å². The summed E-state index contributed by atoms with van der Waals surface area (Å²) in [6.07, 6.45) is -1.57. The van der Waals surface area contributed by atoms with Gasteiger partial charge in [0.15, 0.2) is 0 Å². The Balaban J connectivity index is 2.60. The van der Waals surface area contributed by atoms with Gasteiger partial charge in [-0.1, -0.05) is 17.7 Å². The van der Waals surface area contributed by atoms with Crippen LogP contribution in [-0.4, -0.2) is 32.1 Å². The summed E-state index contributed by atoms with van der Waals surface area (Å²) in [5.41, 5.74) is 5.75. The van der Waals surface area contributed by atoms with Gasteiger partial charge in [-0.2, -0.15) is 8.42 Å². The molecule has 1 aromatic rings. The Hall–Kier alpha value is -1.44. The second kappa shape index (κ2) is 5.94. The topological polar surface area (TPSA) is 107 Å². The molecule has 1 amide bonds. The molecule has 1 unspecified atom stereocenters. The molecular formula is C11H15NO5S. The minimum atomic E-state index is -3.86. The van der Waals surface area contributed by atoms with Crippen LogP contribution in [0.25, 0.3) is 0 Å². The van der Waals surface area contributed by atoms with Crippen LogP contribution in [0.2, 0.25) is 0 Å². The molecule has 0 spiro atoms. The molecule has 0 saturated heterocycles. The summed E-state index contributed by atoms with van der Waals surface area (Å²) in [7, 11) is -3.86. The highest BCUT2D eigenvalue weighted by molar-refractivity contribution is 7.86. The number of nitrogens with two attached hydrogens (primary N) is 1. The molecule has 3 N–H and O–H groups in total. The zero-order valence-electron chi connectivity index (χ0n) is 9.87. The first-order valence-corrected chi connectivity index (χ1v) is 6.67. The monoisotopic (exact) mass is 273 g/mol. The number of aryl methyl sites for hydroxylation is 1. The van der Waals surface area contributed by atoms with Crippen molar-refractivity contribution >= 4 is 16.0 Å². The second-order valence-corrected chi connectivity index (χ2v) is 5.41. The lowest BCUT2D eigenvalue weighted by atomic mass is 10.2. The van der Waals surface area contributed by atoms with Crippen LogP contribution in [0.5, 0.6) is 0 Å². The van der Waals surface area contributed by atoms with Crippen molar-refractivity contribution in [2.45, 2.75) is 24.3 Å². The number of benzene rings is 1. The van der Waals surface area contributed by atoms with E-state index in [9.17, 15) is 13.2 Å². The second-order valence-electron chi connectivity index (χ2n) is 3.80. The minimum absolute atomic E-state index is 0.0293. The highest BCUT2D eigenvalue weighted by Crippen LogP contribution is 2.13. The zero-order valence-corrected chi connectivity index (χ0v) is 10.7. The van der Waals surface area contributed by atoms with E-state index < -0.39 is 22.1 Å². The van der Waals surface area contributed by atoms with E-state index in [-0.39, 0.29) is 17.9 Å². The molecule has 0 heterocycles. The first-order chi connectivity index (χ1) is 8.33. The number of aliphatic hydroxyl groups is 1. The number of hydrogen-bond donors (Lipinski definition) is 2. The van der Waals surface area contributed by atoms with Crippen molar-refractivity contribution in [3.05, 3.63) is 29.8 Å². The largest absolute Gasteiger partial charge is 0.383 e. The van der Waals surface area contributed by atoms with E-state index in [1.54, 1.807) is 12.1 Å². The third kappa shape index (κ3) is 4.10. The van der Waals surface area contributed by atoms with Crippen molar-refractivity contribution in [3.8, 4) is 0 Å². The first-order valence-electron chi connectivity index (χ1n) is 5.26. The first kappa shape index (κ1) is 14.6. The third-order valence-electron chi connectivity index (χ3n) is 2.27. The van der Waals surface area contributed by atoms with Gasteiger partial charge in [0, 0.05) is 6.42 Å². The summed E-state index contributed by atoms with van der Waals surface area (Å²) >= 11 is 0. The SMILES string of the molecule is Cc1ccc(S(=O)(=O)OCCC(O)C(N)=O)cc1. The van der Waals surface area contributed by atoms with Crippen molar-refractivity contribution < 1.29 is 22.5 Å². The number of hydrogen-bond acceptors (Lipinski definition) is 5. The summed E-state index contributed by atoms with van der Waals surface area (Å²) in [6, 6.07) is 6.15. The molecule has 0 aliphatic heterocycles. The standard InChI is InChI=1S/C11H15NO5S/c1-8-2-4-9(5-3-8)18(15,16)17-7-6-10(13)11(12)14/h2-5,10,13H,6-7H2,1H3,(H2,12,14). The average Bonchev–Trinajstić information content (AvgIpc) is 2.29. The molecule has 6 nitrogen and oxygen atoms in total. The number of carbonyl (C=O) groups excluding carboxylic acids is 1. The van der Waals surface area contributed by atoms with Crippen LogP contribution >= 0.6 is 0 Å². The van der Waals surface area contributed by atoms with Gasteiger partial charge in [0.1, 0.15) is 6.10 Å². The van der Waals surface area contributed by atoms with Gasteiger partial charge in [-0.15, -0.1) is 0 Å². The number of primary amides is 1. The molecule has 1 aromatic carbocycles. The molecule has 1 atom stereocenters. The predicted octanol–water partition coefficient (Wildman–Crippen LogP) is -0.0634. The van der Waals surface area contributed by atoms with Gasteiger partial charge in [0.2, 0.25) is 5.91 Å². The van der Waals surface area contributed by atoms with Gasteiger partial charge >= 0.3 is 0 Å². The lowest BCUT2D eigenvalue weighted by Gasteiger charge is -2.08. The number of amides is 1. The molecule has 0 radical (unpaired) electrons. The normalized spacial score (nSPS) is 13.2. The summed E-state index contributed by atoms with van der Waals surface area (Å²) in [6.45, 7) is 1.53. The lowest BCUT2D eigenvalue weighted by molar-refractivity contribution is -0.126. The Morgan fingerprint density at radius 2 is 1.94 bits per heavy atom. The predicted molar refractivity (Wildman–Crippen MR) is 64.1 cm³/mol. The third-order valence-corrected chi connectivity index (χ3v) is 3.59. The van der Waals surface area contributed by atoms with Crippen molar-refractivity contribution in [2.24, 2.45) is 5.73 Å². The molecule has 1 rings (SSSR count). The van der Waals surface area contributed by atoms with E-state index in [1.165, 1.54) is 12.1 Å². The fraction of sp³-hybridized carbons (Fsp3) is 0.364. The van der Waals surface area contributed by atoms with Crippen LogP contribution in [0.1, 0.15) is 12.0 Å². The van der Waals surface area contributed by atoms with Crippen molar-refractivity contribution in [2.75, 3.05) is 6.61 Å². The summed E-state index contributed by atoms with van der Waals surface area (Å²) in [5, 5.41) is 9.08. The molecule has 0 saturated carbocycles. The molecule has 0 aliphatic rings. The highest BCUT2D eigenvalue weighted by Gasteiger charge is 2.17. The average molecular weight is 273 g/mol. The van der Waals surface area contributed by atoms with E-state index in [0.717, 1.165) is 5.56 Å². The fourth-order valence-corrected chi connectivity index (χ4v) is 2.11. The van der Waals surface area contributed by atoms with Gasteiger partial charge in [0.25, 0.3) is 10.1 Å². The van der Waals surface area contributed by atoms with Crippen LogP contribution in [0.15, 0.2) is 29.2 Å². The van der Waals surface area contributed by atoms with Crippen molar-refractivity contribution in [3.63, 3.8) is 0 Å². The molecule has 7 heteroatoms. The van der Waals surface area contributed by atoms with Gasteiger partial charge in [0.05, 0.1) is 11.5 Å². The van der Waals surface area contributed by atoms with E-state index in [2.05, 4.69) is 4.18 Å². The van der Waals surface area contributed by atoms with E-state index in [1.807, 2.05) is 6.92 Å². The van der Waals surface area contributed by atoms with E-state index in [0.29, 0.717) is 0 Å². The van der Waals surface area contributed by atoms with Crippen molar-refractivity contribution in [1.82, 2.24) is 0 Å². The van der Waals surface area contributed by atoms with E-state index in [4.69, 9.17) is 10.8 Å². The molecular weight excluding hydrogens is 258 g/mol. The Morgan fingerprint density at radius 1 is 1.39 bits per heavy atom. The molecule has 0 fully saturated rings. The Bertz CT molecular complexity index is 509. The minimum Gasteiger partial charge on any atom is -0.383 e. The maximum Gasteiger partial charge on any atom is 0.296 e. The summed E-state index contributed by atoms with van der Waals surface area (Å²) < 4.78 is 28.0. The molecule has 0 aliphatic carbocycles. The maximum absolute atomic E-state index is 11.7. The zero-order chi connectivity index (χ0) is 13.8. The fourth-order valence-electron chi connectivity index (χ4n) is 1.18. The van der Waals surface area contributed by atoms with Crippen molar-refractivity contribution in [1.29, 1.82) is 0 Å². The quantitative estimate of drug-likeness (QED) is 0.706. The lowest BCUT2D eigenvalue weighted by Crippen LogP contribution is -2.29. The number of carbonyl (C=O) groups is 1.